The summed E-state index contributed by atoms with van der Waals surface area (Å²) in [4.78, 5) is 28.2. The average molecular weight is 590 g/mol. The van der Waals surface area contributed by atoms with Crippen LogP contribution >= 0.6 is 11.3 Å². The minimum absolute atomic E-state index is 0.0526. The van der Waals surface area contributed by atoms with E-state index in [4.69, 9.17) is 9.47 Å². The first-order chi connectivity index (χ1) is 20.9. The number of amides is 1. The number of hydrogen-bond donors (Lipinski definition) is 1. The highest BCUT2D eigenvalue weighted by molar-refractivity contribution is 7.15. The van der Waals surface area contributed by atoms with E-state index in [2.05, 4.69) is 16.3 Å². The van der Waals surface area contributed by atoms with Crippen molar-refractivity contribution >= 4 is 33.9 Å². The first kappa shape index (κ1) is 27.9. The van der Waals surface area contributed by atoms with Gasteiger partial charge in [0.25, 0.3) is 5.78 Å². The maximum atomic E-state index is 13.5. The molecule has 1 aliphatic rings. The number of aryl methyl sites for hydroxylation is 2. The van der Waals surface area contributed by atoms with E-state index in [1.54, 1.807) is 55.5 Å². The van der Waals surface area contributed by atoms with Crippen molar-refractivity contribution in [3.05, 3.63) is 136 Å². The maximum Gasteiger partial charge on any atom is 0.301 e. The number of benzene rings is 4. The number of rotatable bonds is 8. The Kier molecular flexibility index (Phi) is 7.72. The number of anilines is 1. The predicted molar refractivity (Wildman–Crippen MR) is 164 cm³/mol. The summed E-state index contributed by atoms with van der Waals surface area (Å²) in [5.41, 5.74) is 3.07. The molecule has 8 nitrogen and oxygen atoms in total. The number of Topliss-reactive ketones (excluding diaryl/α,β-unsaturated/α-hetero) is 1. The summed E-state index contributed by atoms with van der Waals surface area (Å²) in [5, 5.41) is 20.6. The van der Waals surface area contributed by atoms with Crippen molar-refractivity contribution in [1.29, 1.82) is 0 Å². The van der Waals surface area contributed by atoms with E-state index in [0.29, 0.717) is 40.0 Å². The van der Waals surface area contributed by atoms with Crippen molar-refractivity contribution in [1.82, 2.24) is 10.2 Å². The summed E-state index contributed by atoms with van der Waals surface area (Å²) < 4.78 is 11.9. The number of ketones is 1. The number of carbonyl (C=O) groups excluding carboxylic acids is 2. The van der Waals surface area contributed by atoms with Crippen molar-refractivity contribution in [2.24, 2.45) is 0 Å². The lowest BCUT2D eigenvalue weighted by atomic mass is 9.95. The van der Waals surface area contributed by atoms with Gasteiger partial charge in [-0.2, -0.15) is 0 Å². The third-order valence-electron chi connectivity index (χ3n) is 6.93. The number of para-hydroxylation sites is 1. The van der Waals surface area contributed by atoms with Crippen LogP contribution in [0.2, 0.25) is 0 Å². The molecule has 1 amide bonds. The largest absolute Gasteiger partial charge is 0.507 e. The van der Waals surface area contributed by atoms with Gasteiger partial charge in [-0.15, -0.1) is 10.2 Å². The second kappa shape index (κ2) is 11.9. The molecule has 2 heterocycles. The van der Waals surface area contributed by atoms with E-state index in [1.807, 2.05) is 55.5 Å². The zero-order valence-corrected chi connectivity index (χ0v) is 24.2. The molecule has 9 heteroatoms. The summed E-state index contributed by atoms with van der Waals surface area (Å²) in [7, 11) is 0. The van der Waals surface area contributed by atoms with E-state index in [1.165, 1.54) is 16.2 Å². The van der Waals surface area contributed by atoms with Gasteiger partial charge < -0.3 is 14.6 Å². The predicted octanol–water partition coefficient (Wildman–Crippen LogP) is 7.15. The highest BCUT2D eigenvalue weighted by atomic mass is 32.1. The number of ether oxygens (including phenoxy) is 2. The Labute approximate surface area is 252 Å². The molecule has 0 aliphatic carbocycles. The normalized spacial score (nSPS) is 16.0. The van der Waals surface area contributed by atoms with Crippen molar-refractivity contribution in [3.63, 3.8) is 0 Å². The Hall–Kier alpha value is -5.28. The monoisotopic (exact) mass is 589 g/mol. The van der Waals surface area contributed by atoms with Gasteiger partial charge in [0.2, 0.25) is 5.13 Å². The first-order valence-corrected chi connectivity index (χ1v) is 14.4. The van der Waals surface area contributed by atoms with Crippen LogP contribution in [0.4, 0.5) is 5.13 Å². The number of hydrogen-bond acceptors (Lipinski definition) is 8. The smallest absolute Gasteiger partial charge is 0.301 e. The highest BCUT2D eigenvalue weighted by Crippen LogP contribution is 2.44. The molecule has 5 aromatic rings. The third-order valence-corrected chi connectivity index (χ3v) is 7.77. The molecular formula is C34H27N3O5S. The van der Waals surface area contributed by atoms with Gasteiger partial charge in [-0.3, -0.25) is 14.5 Å². The average Bonchev–Trinajstić information content (AvgIpc) is 3.56. The number of aliphatic hydroxyl groups excluding tert-OH is 1. The second-order valence-corrected chi connectivity index (χ2v) is 11.2. The van der Waals surface area contributed by atoms with E-state index in [-0.39, 0.29) is 16.5 Å². The van der Waals surface area contributed by atoms with Gasteiger partial charge in [0, 0.05) is 5.56 Å². The van der Waals surface area contributed by atoms with Gasteiger partial charge in [-0.25, -0.2) is 0 Å². The molecule has 1 atom stereocenters. The lowest BCUT2D eigenvalue weighted by Crippen LogP contribution is -2.29. The van der Waals surface area contributed by atoms with E-state index in [9.17, 15) is 14.7 Å². The molecule has 0 saturated carbocycles. The topological polar surface area (TPSA) is 102 Å². The van der Waals surface area contributed by atoms with Crippen molar-refractivity contribution in [2.45, 2.75) is 26.5 Å². The molecule has 1 saturated heterocycles. The van der Waals surface area contributed by atoms with E-state index < -0.39 is 17.7 Å². The lowest BCUT2D eigenvalue weighted by Gasteiger charge is -2.23. The van der Waals surface area contributed by atoms with Crippen LogP contribution in [0.15, 0.2) is 109 Å². The molecule has 214 valence electrons. The van der Waals surface area contributed by atoms with Crippen LogP contribution in [0.3, 0.4) is 0 Å². The van der Waals surface area contributed by atoms with Gasteiger partial charge in [0.15, 0.2) is 0 Å². The highest BCUT2D eigenvalue weighted by Gasteiger charge is 2.48. The van der Waals surface area contributed by atoms with Crippen LogP contribution in [0.25, 0.3) is 5.76 Å². The zero-order chi connectivity index (χ0) is 29.9. The van der Waals surface area contributed by atoms with Gasteiger partial charge >= 0.3 is 5.91 Å². The quantitative estimate of drug-likeness (QED) is 0.116. The number of aromatic nitrogens is 2. The second-order valence-electron chi connectivity index (χ2n) is 10.1. The summed E-state index contributed by atoms with van der Waals surface area (Å²) >= 11 is 1.19. The number of carbonyl (C=O) groups is 2. The minimum Gasteiger partial charge on any atom is -0.507 e. The Balaban J connectivity index is 1.36. The summed E-state index contributed by atoms with van der Waals surface area (Å²) in [6.07, 6.45) is 0. The van der Waals surface area contributed by atoms with Crippen LogP contribution in [-0.2, 0) is 16.2 Å². The van der Waals surface area contributed by atoms with Crippen LogP contribution in [-0.4, -0.2) is 27.0 Å². The molecule has 6 rings (SSSR count). The Bertz CT molecular complexity index is 1830. The van der Waals surface area contributed by atoms with Crippen LogP contribution in [0.1, 0.15) is 33.3 Å². The van der Waals surface area contributed by atoms with Crippen LogP contribution < -0.4 is 14.4 Å². The van der Waals surface area contributed by atoms with Crippen LogP contribution in [0, 0.1) is 13.8 Å². The third kappa shape index (κ3) is 5.89. The fraction of sp³-hybridized carbons (Fsp3) is 0.118. The maximum absolute atomic E-state index is 13.5. The molecule has 1 unspecified atom stereocenters. The molecule has 1 fully saturated rings. The van der Waals surface area contributed by atoms with E-state index >= 15 is 0 Å². The molecule has 1 aliphatic heterocycles. The Morgan fingerprint density at radius 3 is 2.30 bits per heavy atom. The summed E-state index contributed by atoms with van der Waals surface area (Å²) in [6, 6.07) is 30.2. The van der Waals surface area contributed by atoms with Gasteiger partial charge in [-0.05, 0) is 73.5 Å². The molecular weight excluding hydrogens is 562 g/mol. The minimum atomic E-state index is -0.955. The number of aliphatic hydroxyl groups is 1. The Morgan fingerprint density at radius 1 is 0.837 bits per heavy atom. The van der Waals surface area contributed by atoms with Crippen LogP contribution in [0.5, 0.6) is 17.2 Å². The van der Waals surface area contributed by atoms with Crippen molar-refractivity contribution in [2.75, 3.05) is 4.90 Å². The molecule has 1 N–H and O–H groups in total. The zero-order valence-electron chi connectivity index (χ0n) is 23.4. The Morgan fingerprint density at radius 2 is 1.58 bits per heavy atom. The van der Waals surface area contributed by atoms with Gasteiger partial charge in [-0.1, -0.05) is 71.5 Å². The van der Waals surface area contributed by atoms with Gasteiger partial charge in [0.1, 0.15) is 34.6 Å². The molecule has 0 radical (unpaired) electrons. The number of nitrogens with zero attached hydrogens (tertiary/aromatic N) is 3. The molecule has 4 aromatic carbocycles. The van der Waals surface area contributed by atoms with Crippen molar-refractivity contribution < 1.29 is 24.2 Å². The van der Waals surface area contributed by atoms with E-state index in [0.717, 1.165) is 11.1 Å². The fourth-order valence-corrected chi connectivity index (χ4v) is 5.65. The summed E-state index contributed by atoms with van der Waals surface area (Å²) in [6.45, 7) is 4.18. The molecule has 43 heavy (non-hydrogen) atoms. The SMILES string of the molecule is Cc1cccc(COc2ccc(/C(O)=C3\C(=O)C(=O)N(c4nnc(C)s4)C3c3cccc(Oc4ccccc4)c3)cc2)c1. The van der Waals surface area contributed by atoms with Crippen molar-refractivity contribution in [3.8, 4) is 17.2 Å². The molecule has 0 spiro atoms. The fourth-order valence-electron chi connectivity index (χ4n) is 4.93. The first-order valence-electron chi connectivity index (χ1n) is 13.6. The van der Waals surface area contributed by atoms with Gasteiger partial charge in [0.05, 0.1) is 11.6 Å². The molecule has 0 bridgehead atoms. The lowest BCUT2D eigenvalue weighted by molar-refractivity contribution is -0.132. The summed E-state index contributed by atoms with van der Waals surface area (Å²) in [5.74, 6) is -0.160. The molecule has 1 aromatic heterocycles. The standard InChI is InChI=1S/C34H27N3O5S/c1-21-8-6-9-23(18-21)20-41-26-16-14-24(15-17-26)31(38)29-30(37(33(40)32(29)39)34-36-35-22(2)43-34)25-10-7-13-28(19-25)42-27-11-4-3-5-12-27/h3-19,30,38H,20H2,1-2H3/b31-29+.